The van der Waals surface area contributed by atoms with Crippen LogP contribution in [0.3, 0.4) is 0 Å². The third-order valence-corrected chi connectivity index (χ3v) is 12.6. The second-order valence-corrected chi connectivity index (χ2v) is 18.9. The Morgan fingerprint density at radius 1 is 0.537 bits per heavy atom. The van der Waals surface area contributed by atoms with Crippen molar-refractivity contribution in [3.63, 3.8) is 0 Å². The smallest absolute Gasteiger partial charge is 0.305 e. The van der Waals surface area contributed by atoms with E-state index in [9.17, 15) is 35.1 Å². The van der Waals surface area contributed by atoms with Crippen molar-refractivity contribution in [2.24, 2.45) is 0 Å². The molecule has 7 atom stereocenters. The number of aliphatic hydroxyl groups excluding tert-OH is 5. The van der Waals surface area contributed by atoms with Crippen LogP contribution in [-0.2, 0) is 23.8 Å². The van der Waals surface area contributed by atoms with Gasteiger partial charge in [0.25, 0.3) is 0 Å². The van der Waals surface area contributed by atoms with Gasteiger partial charge in [0.05, 0.1) is 32.0 Å². The lowest BCUT2D eigenvalue weighted by Gasteiger charge is -2.40. The molecule has 1 aliphatic heterocycles. The van der Waals surface area contributed by atoms with E-state index in [4.69, 9.17) is 14.2 Å². The summed E-state index contributed by atoms with van der Waals surface area (Å²) in [6.07, 6.45) is 46.1. The minimum Gasteiger partial charge on any atom is -0.466 e. The Morgan fingerprint density at radius 3 is 1.49 bits per heavy atom. The first-order valence-electron chi connectivity index (χ1n) is 27.4. The molecule has 0 bridgehead atoms. The van der Waals surface area contributed by atoms with E-state index in [0.717, 1.165) is 77.0 Å². The molecule has 67 heavy (non-hydrogen) atoms. The average Bonchev–Trinajstić information content (AvgIpc) is 3.32. The van der Waals surface area contributed by atoms with E-state index in [2.05, 4.69) is 55.6 Å². The molecule has 1 heterocycles. The summed E-state index contributed by atoms with van der Waals surface area (Å²) in [5.41, 5.74) is 0. The zero-order valence-electron chi connectivity index (χ0n) is 42.6. The summed E-state index contributed by atoms with van der Waals surface area (Å²) in [6.45, 7) is 4.23. The van der Waals surface area contributed by atoms with Crippen LogP contribution in [-0.4, -0.2) is 100 Å². The summed E-state index contributed by atoms with van der Waals surface area (Å²) in [5.74, 6) is -0.265. The van der Waals surface area contributed by atoms with Crippen LogP contribution < -0.4 is 5.32 Å². The summed E-state index contributed by atoms with van der Waals surface area (Å²) < 4.78 is 16.6. The average molecular weight is 948 g/mol. The standard InChI is InChI=1S/C56H101NO10/c1-3-5-7-9-11-13-15-16-17-19-23-26-30-34-38-42-49(59)48(47-66-56-55(64)54(63)53(62)50(46-58)67-56)57-51(60)43-39-35-31-27-24-20-18-21-25-29-33-37-41-45-65-52(61)44-40-36-32-28-22-14-12-10-8-6-4-2/h15-16,20,23-24,26,38,42,48-50,53-56,58-59,62-64H,3-14,17-19,21-22,25,27-37,39-41,43-47H2,1-2H3,(H,57,60)/b16-15+,24-20-,26-23+,42-38+. The Bertz CT molecular complexity index is 1250. The van der Waals surface area contributed by atoms with Crippen molar-refractivity contribution in [1.29, 1.82) is 0 Å². The molecule has 0 saturated carbocycles. The van der Waals surface area contributed by atoms with Gasteiger partial charge >= 0.3 is 5.97 Å². The Morgan fingerprint density at radius 2 is 0.970 bits per heavy atom. The van der Waals surface area contributed by atoms with Crippen molar-refractivity contribution in [1.82, 2.24) is 5.32 Å². The molecule has 11 nitrogen and oxygen atoms in total. The van der Waals surface area contributed by atoms with Gasteiger partial charge in [0.1, 0.15) is 24.4 Å². The molecule has 1 aliphatic rings. The Kier molecular flexibility index (Phi) is 43.0. The SMILES string of the molecule is CCCCCCC/C=C/CC/C=C/CC/C=C/C(O)C(COC1OC(CO)C(O)C(O)C1O)NC(=O)CCCCC/C=C\CCCCCCCCOC(=O)CCCCCCCCCCCCC. The van der Waals surface area contributed by atoms with Crippen LogP contribution in [0.4, 0.5) is 0 Å². The zero-order chi connectivity index (χ0) is 48.8. The highest BCUT2D eigenvalue weighted by molar-refractivity contribution is 5.76. The van der Waals surface area contributed by atoms with Gasteiger partial charge < -0.3 is 45.1 Å². The maximum Gasteiger partial charge on any atom is 0.305 e. The lowest BCUT2D eigenvalue weighted by atomic mass is 9.99. The third kappa shape index (κ3) is 36.3. The van der Waals surface area contributed by atoms with Gasteiger partial charge in [-0.3, -0.25) is 9.59 Å². The number of aliphatic hydroxyl groups is 5. The van der Waals surface area contributed by atoms with Crippen molar-refractivity contribution in [3.05, 3.63) is 48.6 Å². The van der Waals surface area contributed by atoms with Crippen LogP contribution in [0.15, 0.2) is 48.6 Å². The highest BCUT2D eigenvalue weighted by Gasteiger charge is 2.44. The van der Waals surface area contributed by atoms with E-state index in [1.807, 2.05) is 6.08 Å². The maximum absolute atomic E-state index is 13.0. The second-order valence-electron chi connectivity index (χ2n) is 18.9. The van der Waals surface area contributed by atoms with Gasteiger partial charge in [0.2, 0.25) is 5.91 Å². The summed E-state index contributed by atoms with van der Waals surface area (Å²) in [7, 11) is 0. The molecule has 7 unspecified atom stereocenters. The van der Waals surface area contributed by atoms with Gasteiger partial charge in [0.15, 0.2) is 6.29 Å². The van der Waals surface area contributed by atoms with E-state index >= 15 is 0 Å². The van der Waals surface area contributed by atoms with Crippen LogP contribution >= 0.6 is 0 Å². The van der Waals surface area contributed by atoms with Crippen molar-refractivity contribution in [2.45, 2.75) is 275 Å². The molecule has 0 aromatic carbocycles. The third-order valence-electron chi connectivity index (χ3n) is 12.6. The van der Waals surface area contributed by atoms with Gasteiger partial charge in [-0.15, -0.1) is 0 Å². The lowest BCUT2D eigenvalue weighted by Crippen LogP contribution is -2.60. The van der Waals surface area contributed by atoms with Gasteiger partial charge in [-0.05, 0) is 83.5 Å². The van der Waals surface area contributed by atoms with Gasteiger partial charge in [-0.2, -0.15) is 0 Å². The summed E-state index contributed by atoms with van der Waals surface area (Å²) in [6, 6.07) is -0.855. The van der Waals surface area contributed by atoms with Crippen LogP contribution in [0, 0.1) is 0 Å². The molecule has 390 valence electrons. The Hall–Kier alpha value is -2.38. The monoisotopic (exact) mass is 948 g/mol. The molecule has 0 aliphatic carbocycles. The number of hydrogen-bond donors (Lipinski definition) is 6. The van der Waals surface area contributed by atoms with E-state index < -0.39 is 49.5 Å². The fourth-order valence-corrected chi connectivity index (χ4v) is 8.22. The minimum atomic E-state index is -1.59. The molecular formula is C56H101NO10. The Balaban J connectivity index is 2.25. The van der Waals surface area contributed by atoms with Crippen molar-refractivity contribution >= 4 is 11.9 Å². The number of rotatable bonds is 46. The molecule has 0 aromatic heterocycles. The number of hydrogen-bond acceptors (Lipinski definition) is 10. The summed E-state index contributed by atoms with van der Waals surface area (Å²) in [5, 5.41) is 54.3. The van der Waals surface area contributed by atoms with E-state index in [0.29, 0.717) is 25.9 Å². The molecule has 0 aromatic rings. The normalized spacial score (nSPS) is 19.9. The van der Waals surface area contributed by atoms with Crippen LogP contribution in [0.5, 0.6) is 0 Å². The molecule has 6 N–H and O–H groups in total. The molecule has 1 fully saturated rings. The van der Waals surface area contributed by atoms with Crippen molar-refractivity contribution < 1.29 is 49.3 Å². The first kappa shape index (κ1) is 62.6. The van der Waals surface area contributed by atoms with Gasteiger partial charge in [-0.25, -0.2) is 0 Å². The first-order valence-corrected chi connectivity index (χ1v) is 27.4. The molecule has 1 amide bonds. The van der Waals surface area contributed by atoms with Crippen LogP contribution in [0.2, 0.25) is 0 Å². The number of allylic oxidation sites excluding steroid dienone is 7. The first-order chi connectivity index (χ1) is 32.7. The second kappa shape index (κ2) is 46.0. The number of carbonyl (C=O) groups excluding carboxylic acids is 2. The highest BCUT2D eigenvalue weighted by atomic mass is 16.7. The number of carbonyl (C=O) groups is 2. The van der Waals surface area contributed by atoms with Crippen LogP contribution in [0.25, 0.3) is 0 Å². The topological polar surface area (TPSA) is 175 Å². The molecule has 0 radical (unpaired) electrons. The number of unbranched alkanes of at least 4 members (excludes halogenated alkanes) is 26. The molecule has 1 rings (SSSR count). The van der Waals surface area contributed by atoms with Crippen molar-refractivity contribution in [3.8, 4) is 0 Å². The van der Waals surface area contributed by atoms with E-state index in [1.54, 1.807) is 6.08 Å². The van der Waals surface area contributed by atoms with Gasteiger partial charge in [0, 0.05) is 12.8 Å². The zero-order valence-corrected chi connectivity index (χ0v) is 42.6. The van der Waals surface area contributed by atoms with Gasteiger partial charge in [-0.1, -0.05) is 184 Å². The Labute approximate surface area is 408 Å². The molecular weight excluding hydrogens is 847 g/mol. The number of ether oxygens (including phenoxy) is 3. The summed E-state index contributed by atoms with van der Waals surface area (Å²) in [4.78, 5) is 25.0. The largest absolute Gasteiger partial charge is 0.466 e. The summed E-state index contributed by atoms with van der Waals surface area (Å²) >= 11 is 0. The molecule has 1 saturated heterocycles. The molecule has 0 spiro atoms. The predicted molar refractivity (Wildman–Crippen MR) is 274 cm³/mol. The maximum atomic E-state index is 13.0. The fraction of sp³-hybridized carbons (Fsp3) is 0.821. The van der Waals surface area contributed by atoms with Crippen LogP contribution in [0.1, 0.15) is 232 Å². The number of nitrogens with one attached hydrogen (secondary N) is 1. The lowest BCUT2D eigenvalue weighted by molar-refractivity contribution is -0.302. The van der Waals surface area contributed by atoms with Crippen molar-refractivity contribution in [2.75, 3.05) is 19.8 Å². The van der Waals surface area contributed by atoms with E-state index in [1.165, 1.54) is 116 Å². The highest BCUT2D eigenvalue weighted by Crippen LogP contribution is 2.23. The predicted octanol–water partition coefficient (Wildman–Crippen LogP) is 11.7. The van der Waals surface area contributed by atoms with E-state index in [-0.39, 0.29) is 24.9 Å². The number of amides is 1. The molecule has 11 heteroatoms. The minimum absolute atomic E-state index is 0.0375. The quantitative estimate of drug-likeness (QED) is 0.0196. The number of esters is 1. The fourth-order valence-electron chi connectivity index (χ4n) is 8.22.